The molecule has 1 radical (unpaired) electrons. The van der Waals surface area contributed by atoms with Crippen LogP contribution in [0.4, 0.5) is 5.69 Å². The van der Waals surface area contributed by atoms with Crippen molar-refractivity contribution in [2.24, 2.45) is 0 Å². The van der Waals surface area contributed by atoms with Crippen LogP contribution in [0.3, 0.4) is 0 Å². The van der Waals surface area contributed by atoms with Crippen LogP contribution in [0.2, 0.25) is 0 Å². The zero-order chi connectivity index (χ0) is 40.1. The molecule has 0 saturated heterocycles. The van der Waals surface area contributed by atoms with Gasteiger partial charge in [-0.2, -0.15) is 0 Å². The molecule has 2 aromatic carbocycles. The van der Waals surface area contributed by atoms with E-state index in [0.717, 1.165) is 90.6 Å². The number of nitrogens with zero attached hydrogens (tertiary/aromatic N) is 8. The molecule has 0 fully saturated rings. The number of amides is 1. The van der Waals surface area contributed by atoms with Gasteiger partial charge in [0.25, 0.3) is 0 Å². The number of carbonyl (C=O) groups is 1. The number of hydrogen-bond donors (Lipinski definition) is 1. The molecule has 0 spiro atoms. The van der Waals surface area contributed by atoms with Gasteiger partial charge in [-0.25, -0.2) is 4.68 Å². The summed E-state index contributed by atoms with van der Waals surface area (Å²) in [6, 6.07) is 28.4. The second kappa shape index (κ2) is 25.3. The van der Waals surface area contributed by atoms with E-state index in [-0.39, 0.29) is 32.6 Å². The Balaban J connectivity index is 0.00000148. The molecule has 1 N–H and O–H groups in total. The zero-order valence-corrected chi connectivity index (χ0v) is 33.6. The number of hydrogen-bond acceptors (Lipinski definition) is 7. The van der Waals surface area contributed by atoms with E-state index < -0.39 is 0 Å². The van der Waals surface area contributed by atoms with Gasteiger partial charge in [0.1, 0.15) is 12.2 Å². The monoisotopic (exact) mass is 840 g/mol. The number of fused-ring (bicyclic) bond motifs is 5. The molecule has 1 aliphatic heterocycles. The average molecular weight is 842 g/mol. The molecule has 14 heteroatoms. The average Bonchev–Trinajstić information content (AvgIpc) is 3.65. The summed E-state index contributed by atoms with van der Waals surface area (Å²) in [5, 5.41) is 18.9. The Hall–Kier alpha value is -4.90. The van der Waals surface area contributed by atoms with Crippen LogP contribution in [0.5, 0.6) is 0 Å². The summed E-state index contributed by atoms with van der Waals surface area (Å²) >= 11 is 0. The molecule has 3 aromatic heterocycles. The fourth-order valence-corrected chi connectivity index (χ4v) is 6.52. The van der Waals surface area contributed by atoms with Crippen molar-refractivity contribution in [1.29, 1.82) is 0 Å². The van der Waals surface area contributed by atoms with E-state index in [1.165, 1.54) is 0 Å². The van der Waals surface area contributed by atoms with E-state index in [0.29, 0.717) is 30.5 Å². The molecular formula is C42H47N8O5Tc+. The fraction of sp³-hybridized carbons (Fsp3) is 0.333. The minimum absolute atomic E-state index is 0. The Morgan fingerprint density at radius 2 is 1.38 bits per heavy atom. The second-order valence-corrected chi connectivity index (χ2v) is 13.4. The Kier molecular flexibility index (Phi) is 21.3. The Morgan fingerprint density at radius 1 is 0.786 bits per heavy atom. The predicted octanol–water partition coefficient (Wildman–Crippen LogP) is 5.47. The van der Waals surface area contributed by atoms with Crippen molar-refractivity contribution in [2.45, 2.75) is 51.9 Å². The van der Waals surface area contributed by atoms with Gasteiger partial charge in [0.15, 0.2) is 0 Å². The minimum atomic E-state index is 0. The Labute approximate surface area is 342 Å². The van der Waals surface area contributed by atoms with Crippen LogP contribution in [0, 0.1) is 20.0 Å². The maximum Gasteiger partial charge on any atom is 0 e. The summed E-state index contributed by atoms with van der Waals surface area (Å²) in [5.74, 6) is 0.115. The topological polar surface area (TPSA) is 160 Å². The molecular weight excluding hydrogens is 795 g/mol. The largest absolute Gasteiger partial charge is 0 e. The molecule has 0 atom stereocenters. The van der Waals surface area contributed by atoms with Crippen molar-refractivity contribution in [1.82, 2.24) is 29.9 Å². The smallest absolute Gasteiger partial charge is 0 e. The van der Waals surface area contributed by atoms with Gasteiger partial charge < -0.3 is 14.5 Å². The van der Waals surface area contributed by atoms with E-state index in [1.807, 2.05) is 76.6 Å². The summed E-state index contributed by atoms with van der Waals surface area (Å²) in [7, 11) is 4.22. The third kappa shape index (κ3) is 13.4. The number of aromatic nitrogens is 5. The van der Waals surface area contributed by atoms with Gasteiger partial charge in [-0.15, -0.1) is 5.10 Å². The van der Waals surface area contributed by atoms with Crippen LogP contribution < -0.4 is 4.90 Å². The molecule has 6 rings (SSSR count). The van der Waals surface area contributed by atoms with E-state index in [9.17, 15) is 9.90 Å². The first-order valence-electron chi connectivity index (χ1n) is 17.9. The number of quaternary nitrogens is 1. The van der Waals surface area contributed by atoms with Gasteiger partial charge in [-0.3, -0.25) is 19.7 Å². The van der Waals surface area contributed by atoms with E-state index >= 15 is 0 Å². The van der Waals surface area contributed by atoms with Gasteiger partial charge in [-0.05, 0) is 55.3 Å². The number of benzene rings is 2. The number of anilines is 1. The third-order valence-electron chi connectivity index (χ3n) is 9.30. The standard InChI is InChI=1S/C39H47N8O2.3CO.Tc/c1-47(2,26-27-48)25-24-46-39-35-18-7-8-19-36(35)45(28-31-14-5-6-17-34(31)38(39)42-43-46)37(49)20-4-3-13-23-44(29-32-15-9-11-21-40-32)30-33-16-10-12-22-41-33;3*1-2;/h5-12,14-19,21-22,48H,3-4,13,20,23-30H2,1-2H3;;;;/q+1;;;;. The third-order valence-corrected chi connectivity index (χ3v) is 9.30. The number of pyridine rings is 2. The van der Waals surface area contributed by atoms with Crippen molar-refractivity contribution in [3.05, 3.63) is 134 Å². The van der Waals surface area contributed by atoms with Gasteiger partial charge in [0, 0.05) is 63.1 Å². The van der Waals surface area contributed by atoms with Crippen molar-refractivity contribution in [2.75, 3.05) is 45.2 Å². The molecule has 5 aromatic rings. The van der Waals surface area contributed by atoms with Crippen molar-refractivity contribution >= 4 is 11.6 Å². The summed E-state index contributed by atoms with van der Waals surface area (Å²) in [5.41, 5.74) is 7.73. The molecule has 1 amide bonds. The van der Waals surface area contributed by atoms with E-state index in [2.05, 4.69) is 84.5 Å². The number of likely N-dealkylation sites (N-methyl/N-ethyl adjacent to an activating group) is 1. The van der Waals surface area contributed by atoms with Crippen molar-refractivity contribution in [3.8, 4) is 22.5 Å². The molecule has 0 aliphatic carbocycles. The molecule has 291 valence electrons. The van der Waals surface area contributed by atoms with Crippen LogP contribution in [0.25, 0.3) is 22.5 Å². The Bertz CT molecular complexity index is 1910. The van der Waals surface area contributed by atoms with E-state index in [1.54, 1.807) is 0 Å². The normalized spacial score (nSPS) is 11.1. The first-order valence-corrected chi connectivity index (χ1v) is 17.9. The number of aliphatic hydroxyl groups excluding tert-OH is 1. The quantitative estimate of drug-likeness (QED) is 0.0634. The molecule has 56 heavy (non-hydrogen) atoms. The van der Waals surface area contributed by atoms with Crippen LogP contribution in [-0.4, -0.2) is 85.7 Å². The number of aliphatic hydroxyl groups is 1. The molecule has 4 heterocycles. The Morgan fingerprint density at radius 3 is 1.98 bits per heavy atom. The number of para-hydroxylation sites is 1. The fourth-order valence-electron chi connectivity index (χ4n) is 6.52. The summed E-state index contributed by atoms with van der Waals surface area (Å²) in [6.45, 7) is 18.6. The van der Waals surface area contributed by atoms with Gasteiger partial charge >= 0.3 is 33.9 Å². The second-order valence-electron chi connectivity index (χ2n) is 13.4. The van der Waals surface area contributed by atoms with Crippen molar-refractivity contribution in [3.63, 3.8) is 0 Å². The van der Waals surface area contributed by atoms with Crippen LogP contribution in [0.15, 0.2) is 97.3 Å². The maximum absolute atomic E-state index is 14.1. The first-order chi connectivity index (χ1) is 26.9. The maximum atomic E-state index is 14.1. The molecule has 0 bridgehead atoms. The van der Waals surface area contributed by atoms with Gasteiger partial charge in [-0.1, -0.05) is 66.2 Å². The number of carbonyl (C=O) groups excluding carboxylic acids is 1. The van der Waals surface area contributed by atoms with Crippen LogP contribution >= 0.6 is 0 Å². The summed E-state index contributed by atoms with van der Waals surface area (Å²) < 4.78 is 25.1. The van der Waals surface area contributed by atoms with Gasteiger partial charge in [0.05, 0.1) is 63.1 Å². The number of rotatable bonds is 15. The summed E-state index contributed by atoms with van der Waals surface area (Å²) in [4.78, 5) is 27.5. The summed E-state index contributed by atoms with van der Waals surface area (Å²) in [6.07, 6.45) is 6.88. The number of unbranched alkanes of at least 4 members (excludes halogenated alkanes) is 2. The van der Waals surface area contributed by atoms with Crippen molar-refractivity contribution < 1.29 is 48.4 Å². The van der Waals surface area contributed by atoms with Gasteiger partial charge in [0.2, 0.25) is 5.91 Å². The zero-order valence-electron chi connectivity index (χ0n) is 31.8. The van der Waals surface area contributed by atoms with E-state index in [4.69, 9.17) is 19.1 Å². The molecule has 0 unspecified atom stereocenters. The van der Waals surface area contributed by atoms with Crippen LogP contribution in [0.1, 0.15) is 42.6 Å². The first kappa shape index (κ1) is 47.3. The molecule has 1 aliphatic rings. The van der Waals surface area contributed by atoms with Crippen LogP contribution in [-0.2, 0) is 65.0 Å². The predicted molar refractivity (Wildman–Crippen MR) is 204 cm³/mol. The molecule has 13 nitrogen and oxygen atoms in total. The SMILES string of the molecule is C[N+](C)(CCO)CCn1nnc2c1-c1ccccc1N(C(=O)CCCCCN(Cc1ccccn1)Cc1ccccn1)Cc1ccccc1-2.[C-]#[O+].[C-]#[O+].[C-]#[O+].[Tc]. The minimum Gasteiger partial charge on any atom is 0 e. The molecule has 0 saturated carbocycles.